The van der Waals surface area contributed by atoms with Crippen molar-refractivity contribution in [2.45, 2.75) is 24.8 Å². The van der Waals surface area contributed by atoms with Gasteiger partial charge in [-0.15, -0.1) is 24.0 Å². The minimum Gasteiger partial charge on any atom is -0.357 e. The first kappa shape index (κ1) is 24.3. The van der Waals surface area contributed by atoms with Crippen LogP contribution in [0.1, 0.15) is 18.1 Å². The summed E-state index contributed by atoms with van der Waals surface area (Å²) in [6, 6.07) is 13.1. The molecule has 0 radical (unpaired) electrons. The number of nitrogens with zero attached hydrogens (tertiary/aromatic N) is 1. The molecule has 0 aliphatic rings. The molecule has 28 heavy (non-hydrogen) atoms. The molecular weight excluding hydrogens is 494 g/mol. The molecule has 3 N–H and O–H groups in total. The second-order valence-corrected chi connectivity index (χ2v) is 7.74. The van der Waals surface area contributed by atoms with Crippen molar-refractivity contribution >= 4 is 40.0 Å². The maximum absolute atomic E-state index is 12.9. The van der Waals surface area contributed by atoms with Gasteiger partial charge in [-0.1, -0.05) is 24.3 Å². The molecule has 2 aromatic carbocycles. The molecule has 0 spiro atoms. The third-order valence-corrected chi connectivity index (χ3v) is 5.27. The molecule has 0 fully saturated rings. The summed E-state index contributed by atoms with van der Waals surface area (Å²) in [7, 11) is -2.09. The van der Waals surface area contributed by atoms with Gasteiger partial charge in [0.1, 0.15) is 5.82 Å². The molecular formula is C19H26FIN4O2S. The number of nitrogens with one attached hydrogen (secondary N) is 3. The predicted molar refractivity (Wildman–Crippen MR) is 121 cm³/mol. The minimum absolute atomic E-state index is 0. The summed E-state index contributed by atoms with van der Waals surface area (Å²) in [5.74, 6) is 0.394. The molecule has 0 amide bonds. The lowest BCUT2D eigenvalue weighted by molar-refractivity contribution is 0.588. The van der Waals surface area contributed by atoms with Crippen LogP contribution in [0.4, 0.5) is 4.39 Å². The Labute approximate surface area is 183 Å². The van der Waals surface area contributed by atoms with Crippen molar-refractivity contribution in [3.05, 3.63) is 65.5 Å². The standard InChI is InChI=1S/C19H25FN4O2S.HI/c1-3-22-19(23-12-11-15-7-9-17(20)10-8-15)24-14-16-5-4-6-18(13-16)27(25,26)21-2;/h4-10,13,21H,3,11-12,14H2,1-2H3,(H2,22,23,24);1H. The fourth-order valence-corrected chi connectivity index (χ4v) is 3.22. The van der Waals surface area contributed by atoms with Crippen LogP contribution in [0.5, 0.6) is 0 Å². The molecule has 2 rings (SSSR count). The molecule has 0 atom stereocenters. The van der Waals surface area contributed by atoms with Crippen LogP contribution >= 0.6 is 24.0 Å². The van der Waals surface area contributed by atoms with Crippen LogP contribution in [0, 0.1) is 5.82 Å². The molecule has 0 aliphatic heterocycles. The number of hydrogen-bond acceptors (Lipinski definition) is 3. The Morgan fingerprint density at radius 3 is 2.43 bits per heavy atom. The van der Waals surface area contributed by atoms with Crippen molar-refractivity contribution < 1.29 is 12.8 Å². The van der Waals surface area contributed by atoms with E-state index in [0.717, 1.165) is 17.5 Å². The first-order valence-electron chi connectivity index (χ1n) is 8.73. The zero-order chi connectivity index (χ0) is 19.7. The number of benzene rings is 2. The highest BCUT2D eigenvalue weighted by atomic mass is 127. The van der Waals surface area contributed by atoms with E-state index < -0.39 is 10.0 Å². The molecule has 0 bridgehead atoms. The van der Waals surface area contributed by atoms with E-state index in [1.165, 1.54) is 19.2 Å². The van der Waals surface area contributed by atoms with Crippen molar-refractivity contribution in [3.63, 3.8) is 0 Å². The highest BCUT2D eigenvalue weighted by Crippen LogP contribution is 2.12. The SMILES string of the molecule is CCNC(=NCc1cccc(S(=O)(=O)NC)c1)NCCc1ccc(F)cc1.I. The van der Waals surface area contributed by atoms with Gasteiger partial charge in [0.25, 0.3) is 0 Å². The van der Waals surface area contributed by atoms with Crippen molar-refractivity contribution in [1.82, 2.24) is 15.4 Å². The van der Waals surface area contributed by atoms with Crippen LogP contribution in [0.25, 0.3) is 0 Å². The summed E-state index contributed by atoms with van der Waals surface area (Å²) in [6.45, 7) is 3.67. The number of hydrogen-bond donors (Lipinski definition) is 3. The molecule has 154 valence electrons. The summed E-state index contributed by atoms with van der Waals surface area (Å²) in [4.78, 5) is 4.71. The highest BCUT2D eigenvalue weighted by Gasteiger charge is 2.11. The van der Waals surface area contributed by atoms with Gasteiger partial charge in [0.15, 0.2) is 5.96 Å². The monoisotopic (exact) mass is 520 g/mol. The topological polar surface area (TPSA) is 82.6 Å². The number of rotatable bonds is 8. The van der Waals surface area contributed by atoms with Crippen molar-refractivity contribution in [1.29, 1.82) is 0 Å². The maximum atomic E-state index is 12.9. The van der Waals surface area contributed by atoms with Crippen molar-refractivity contribution in [3.8, 4) is 0 Å². The quantitative estimate of drug-likeness (QED) is 0.284. The maximum Gasteiger partial charge on any atom is 0.240 e. The minimum atomic E-state index is -3.47. The Hall–Kier alpha value is -1.72. The van der Waals surface area contributed by atoms with Gasteiger partial charge in [0, 0.05) is 13.1 Å². The van der Waals surface area contributed by atoms with Gasteiger partial charge in [0.05, 0.1) is 11.4 Å². The van der Waals surface area contributed by atoms with Gasteiger partial charge < -0.3 is 10.6 Å². The van der Waals surface area contributed by atoms with Gasteiger partial charge in [0.2, 0.25) is 10.0 Å². The summed E-state index contributed by atoms with van der Waals surface area (Å²) in [6.07, 6.45) is 0.737. The van der Waals surface area contributed by atoms with E-state index in [9.17, 15) is 12.8 Å². The van der Waals surface area contributed by atoms with Gasteiger partial charge in [-0.2, -0.15) is 0 Å². The second-order valence-electron chi connectivity index (χ2n) is 5.85. The second kappa shape index (κ2) is 12.0. The van der Waals surface area contributed by atoms with Crippen LogP contribution in [0.2, 0.25) is 0 Å². The van der Waals surface area contributed by atoms with Crippen LogP contribution in [0.3, 0.4) is 0 Å². The van der Waals surface area contributed by atoms with E-state index in [1.807, 2.05) is 13.0 Å². The highest BCUT2D eigenvalue weighted by molar-refractivity contribution is 14.0. The predicted octanol–water partition coefficient (Wildman–Crippen LogP) is 2.65. The van der Waals surface area contributed by atoms with E-state index in [-0.39, 0.29) is 34.7 Å². The summed E-state index contributed by atoms with van der Waals surface area (Å²) < 4.78 is 39.0. The Bertz CT molecular complexity index is 874. The fourth-order valence-electron chi connectivity index (χ4n) is 2.42. The van der Waals surface area contributed by atoms with Crippen LogP contribution in [0.15, 0.2) is 58.4 Å². The molecule has 2 aromatic rings. The molecule has 9 heteroatoms. The first-order valence-corrected chi connectivity index (χ1v) is 10.2. The zero-order valence-corrected chi connectivity index (χ0v) is 19.1. The van der Waals surface area contributed by atoms with Gasteiger partial charge in [-0.25, -0.2) is 22.5 Å². The molecule has 0 saturated heterocycles. The Balaban J connectivity index is 0.00000392. The molecule has 0 unspecified atom stereocenters. The van der Waals surface area contributed by atoms with E-state index >= 15 is 0 Å². The Morgan fingerprint density at radius 1 is 1.07 bits per heavy atom. The largest absolute Gasteiger partial charge is 0.357 e. The average Bonchev–Trinajstić information content (AvgIpc) is 2.68. The van der Waals surface area contributed by atoms with E-state index in [0.29, 0.717) is 25.6 Å². The van der Waals surface area contributed by atoms with Crippen LogP contribution in [-0.4, -0.2) is 34.5 Å². The van der Waals surface area contributed by atoms with Crippen molar-refractivity contribution in [2.24, 2.45) is 4.99 Å². The smallest absolute Gasteiger partial charge is 0.240 e. The third kappa shape index (κ3) is 7.72. The zero-order valence-electron chi connectivity index (χ0n) is 15.9. The lowest BCUT2D eigenvalue weighted by Crippen LogP contribution is -2.38. The molecule has 0 aromatic heterocycles. The number of guanidine groups is 1. The van der Waals surface area contributed by atoms with Crippen LogP contribution < -0.4 is 15.4 Å². The summed E-state index contributed by atoms with van der Waals surface area (Å²) in [5.41, 5.74) is 1.83. The Kier molecular flexibility index (Phi) is 10.4. The lowest BCUT2D eigenvalue weighted by Gasteiger charge is -2.11. The van der Waals surface area contributed by atoms with Crippen molar-refractivity contribution in [2.75, 3.05) is 20.1 Å². The van der Waals surface area contributed by atoms with E-state index in [4.69, 9.17) is 0 Å². The third-order valence-electron chi connectivity index (χ3n) is 3.86. The van der Waals surface area contributed by atoms with Gasteiger partial charge >= 0.3 is 0 Å². The molecule has 0 saturated carbocycles. The van der Waals surface area contributed by atoms with Gasteiger partial charge in [-0.05, 0) is 55.8 Å². The number of aliphatic imine (C=N–C) groups is 1. The molecule has 6 nitrogen and oxygen atoms in total. The number of halogens is 2. The van der Waals surface area contributed by atoms with Crippen LogP contribution in [-0.2, 0) is 23.0 Å². The van der Waals surface area contributed by atoms with E-state index in [2.05, 4.69) is 20.3 Å². The summed E-state index contributed by atoms with van der Waals surface area (Å²) in [5, 5.41) is 6.38. The fraction of sp³-hybridized carbons (Fsp3) is 0.316. The van der Waals surface area contributed by atoms with E-state index in [1.54, 1.807) is 30.3 Å². The Morgan fingerprint density at radius 2 is 1.79 bits per heavy atom. The lowest BCUT2D eigenvalue weighted by atomic mass is 10.1. The van der Waals surface area contributed by atoms with Gasteiger partial charge in [-0.3, -0.25) is 0 Å². The normalized spacial score (nSPS) is 11.6. The number of sulfonamides is 1. The first-order chi connectivity index (χ1) is 12.9. The average molecular weight is 520 g/mol. The summed E-state index contributed by atoms with van der Waals surface area (Å²) >= 11 is 0. The molecule has 0 heterocycles. The molecule has 0 aliphatic carbocycles.